The van der Waals surface area contributed by atoms with E-state index in [-0.39, 0.29) is 25.8 Å². The Labute approximate surface area is 81.0 Å². The summed E-state index contributed by atoms with van der Waals surface area (Å²) in [5, 5.41) is 0. The molecule has 0 aromatic heterocycles. The molecular formula is C9H13NOs. The molecule has 1 rings (SSSR count). The van der Waals surface area contributed by atoms with Crippen molar-refractivity contribution in [1.82, 2.24) is 0 Å². The molecule has 1 aromatic carbocycles. The van der Waals surface area contributed by atoms with Crippen LogP contribution in [0, 0.1) is 0 Å². The minimum absolute atomic E-state index is 0. The zero-order chi connectivity index (χ0) is 7.40. The van der Waals surface area contributed by atoms with E-state index >= 15 is 0 Å². The predicted molar refractivity (Wildman–Crippen MR) is 43.8 cm³/mol. The van der Waals surface area contributed by atoms with E-state index in [1.54, 1.807) is 0 Å². The van der Waals surface area contributed by atoms with Crippen LogP contribution in [0.25, 0.3) is 0 Å². The van der Waals surface area contributed by atoms with Crippen molar-refractivity contribution in [3.8, 4) is 0 Å². The van der Waals surface area contributed by atoms with Gasteiger partial charge in [0.1, 0.15) is 0 Å². The molecule has 1 nitrogen and oxygen atoms in total. The molecule has 1 unspecified atom stereocenters. The summed E-state index contributed by atoms with van der Waals surface area (Å²) in [4.78, 5) is 0. The number of rotatable bonds is 2. The summed E-state index contributed by atoms with van der Waals surface area (Å²) in [6, 6.07) is 10.6. The fourth-order valence-corrected chi connectivity index (χ4v) is 0.986. The third-order valence-corrected chi connectivity index (χ3v) is 1.40. The Hall–Kier alpha value is -0.184. The molecule has 2 heteroatoms. The van der Waals surface area contributed by atoms with Gasteiger partial charge in [-0.2, -0.15) is 0 Å². The van der Waals surface area contributed by atoms with E-state index in [0.29, 0.717) is 0 Å². The van der Waals surface area contributed by atoms with E-state index in [9.17, 15) is 0 Å². The molecule has 0 saturated heterocycles. The summed E-state index contributed by atoms with van der Waals surface area (Å²) < 4.78 is 0. The summed E-state index contributed by atoms with van der Waals surface area (Å²) in [5.41, 5.74) is 6.94. The predicted octanol–water partition coefficient (Wildman–Crippen LogP) is 1.57. The number of hydrogen-bond acceptors (Lipinski definition) is 1. The third kappa shape index (κ3) is 4.30. The van der Waals surface area contributed by atoms with Gasteiger partial charge in [0.2, 0.25) is 0 Å². The normalized spacial score (nSPS) is 11.8. The smallest absolute Gasteiger partial charge is 0.00509 e. The van der Waals surface area contributed by atoms with E-state index in [1.807, 2.05) is 25.1 Å². The molecule has 0 bridgehead atoms. The molecule has 2 N–H and O–H groups in total. The molecule has 0 heterocycles. The van der Waals surface area contributed by atoms with Crippen LogP contribution in [-0.4, -0.2) is 6.04 Å². The molecule has 1 atom stereocenters. The van der Waals surface area contributed by atoms with Crippen molar-refractivity contribution < 1.29 is 19.8 Å². The Morgan fingerprint density at radius 3 is 2.27 bits per heavy atom. The van der Waals surface area contributed by atoms with Gasteiger partial charge in [-0.15, -0.1) is 0 Å². The van der Waals surface area contributed by atoms with Crippen LogP contribution in [0.1, 0.15) is 12.5 Å². The van der Waals surface area contributed by atoms with Crippen molar-refractivity contribution in [3.63, 3.8) is 0 Å². The molecule has 0 aliphatic heterocycles. The third-order valence-electron chi connectivity index (χ3n) is 1.40. The van der Waals surface area contributed by atoms with Gasteiger partial charge in [0, 0.05) is 25.8 Å². The molecule has 62 valence electrons. The van der Waals surface area contributed by atoms with Gasteiger partial charge in [0.05, 0.1) is 0 Å². The van der Waals surface area contributed by atoms with Gasteiger partial charge in [-0.3, -0.25) is 0 Å². The van der Waals surface area contributed by atoms with Crippen molar-refractivity contribution in [3.05, 3.63) is 35.9 Å². The van der Waals surface area contributed by atoms with E-state index in [4.69, 9.17) is 5.73 Å². The van der Waals surface area contributed by atoms with Crippen LogP contribution in [0.2, 0.25) is 0 Å². The summed E-state index contributed by atoms with van der Waals surface area (Å²) in [6.07, 6.45) is 0.973. The summed E-state index contributed by atoms with van der Waals surface area (Å²) in [7, 11) is 0. The zero-order valence-corrected chi connectivity index (χ0v) is 9.14. The van der Waals surface area contributed by atoms with Gasteiger partial charge in [0.25, 0.3) is 0 Å². The minimum atomic E-state index is 0. The SMILES string of the molecule is CC(N)Cc1ccccc1.[Os]. The van der Waals surface area contributed by atoms with Gasteiger partial charge >= 0.3 is 0 Å². The van der Waals surface area contributed by atoms with Gasteiger partial charge < -0.3 is 5.73 Å². The van der Waals surface area contributed by atoms with Crippen molar-refractivity contribution in [1.29, 1.82) is 0 Å². The van der Waals surface area contributed by atoms with Crippen LogP contribution >= 0.6 is 0 Å². The summed E-state index contributed by atoms with van der Waals surface area (Å²) in [6.45, 7) is 2.02. The van der Waals surface area contributed by atoms with E-state index in [2.05, 4.69) is 12.1 Å². The number of nitrogens with two attached hydrogens (primary N) is 1. The van der Waals surface area contributed by atoms with Crippen LogP contribution in [0.5, 0.6) is 0 Å². The van der Waals surface area contributed by atoms with Crippen molar-refractivity contribution in [2.24, 2.45) is 5.73 Å². The molecular weight excluding hydrogens is 312 g/mol. The fraction of sp³-hybridized carbons (Fsp3) is 0.333. The maximum Gasteiger partial charge on any atom is 0.00509 e. The Morgan fingerprint density at radius 2 is 1.82 bits per heavy atom. The first-order chi connectivity index (χ1) is 4.79. The summed E-state index contributed by atoms with van der Waals surface area (Å²) in [5.74, 6) is 0. The topological polar surface area (TPSA) is 26.0 Å². The average molecular weight is 325 g/mol. The number of benzene rings is 1. The second-order valence-corrected chi connectivity index (χ2v) is 2.67. The first kappa shape index (κ1) is 10.8. The Bertz CT molecular complexity index is 184. The first-order valence-corrected chi connectivity index (χ1v) is 3.58. The maximum atomic E-state index is 5.62. The zero-order valence-electron chi connectivity index (χ0n) is 6.60. The van der Waals surface area contributed by atoms with Gasteiger partial charge in [-0.05, 0) is 18.9 Å². The Balaban J connectivity index is 0.000001000. The minimum Gasteiger partial charge on any atom is -0.328 e. The molecule has 0 saturated carbocycles. The molecule has 0 aliphatic carbocycles. The quantitative estimate of drug-likeness (QED) is 0.878. The van der Waals surface area contributed by atoms with Crippen molar-refractivity contribution in [2.45, 2.75) is 19.4 Å². The maximum absolute atomic E-state index is 5.62. The van der Waals surface area contributed by atoms with Crippen LogP contribution in [0.3, 0.4) is 0 Å². The fourth-order valence-electron chi connectivity index (χ4n) is 0.986. The molecule has 0 amide bonds. The average Bonchev–Trinajstić information content (AvgIpc) is 1.88. The first-order valence-electron chi connectivity index (χ1n) is 3.58. The largest absolute Gasteiger partial charge is 0.328 e. The number of hydrogen-bond donors (Lipinski definition) is 1. The van der Waals surface area contributed by atoms with Crippen LogP contribution in [-0.2, 0) is 26.2 Å². The molecule has 0 fully saturated rings. The monoisotopic (exact) mass is 327 g/mol. The van der Waals surface area contributed by atoms with Crippen molar-refractivity contribution >= 4 is 0 Å². The van der Waals surface area contributed by atoms with E-state index in [1.165, 1.54) is 5.56 Å². The van der Waals surface area contributed by atoms with Crippen LogP contribution < -0.4 is 5.73 Å². The van der Waals surface area contributed by atoms with E-state index in [0.717, 1.165) is 6.42 Å². The Kier molecular flexibility index (Phi) is 5.37. The van der Waals surface area contributed by atoms with Gasteiger partial charge in [-0.1, -0.05) is 30.3 Å². The molecule has 0 spiro atoms. The molecule has 0 radical (unpaired) electrons. The molecule has 11 heavy (non-hydrogen) atoms. The van der Waals surface area contributed by atoms with Crippen LogP contribution in [0.15, 0.2) is 30.3 Å². The van der Waals surface area contributed by atoms with E-state index < -0.39 is 0 Å². The van der Waals surface area contributed by atoms with Crippen LogP contribution in [0.4, 0.5) is 0 Å². The molecule has 1 aromatic rings. The molecule has 0 aliphatic rings. The second kappa shape index (κ2) is 5.46. The van der Waals surface area contributed by atoms with Gasteiger partial charge in [-0.25, -0.2) is 0 Å². The summed E-state index contributed by atoms with van der Waals surface area (Å²) >= 11 is 0. The standard InChI is InChI=1S/C9H13N.Os/c1-8(10)7-9-5-3-2-4-6-9;/h2-6,8H,7,10H2,1H3;. The van der Waals surface area contributed by atoms with Crippen molar-refractivity contribution in [2.75, 3.05) is 0 Å². The van der Waals surface area contributed by atoms with Gasteiger partial charge in [0.15, 0.2) is 0 Å². The second-order valence-electron chi connectivity index (χ2n) is 2.67. The Morgan fingerprint density at radius 1 is 1.27 bits per heavy atom.